The minimum Gasteiger partial charge on any atom is -0.508 e. The third-order valence-corrected chi connectivity index (χ3v) is 10.9. The summed E-state index contributed by atoms with van der Waals surface area (Å²) in [4.78, 5) is 44.9. The van der Waals surface area contributed by atoms with Crippen LogP contribution in [0.25, 0.3) is 0 Å². The first-order valence-corrected chi connectivity index (χ1v) is 13.4. The van der Waals surface area contributed by atoms with Crippen LogP contribution in [0.3, 0.4) is 0 Å². The normalized spacial score (nSPS) is 32.5. The van der Waals surface area contributed by atoms with E-state index in [4.69, 9.17) is 4.74 Å². The smallest absolute Gasteiger partial charge is 0.305 e. The number of nitrogens with zero attached hydrogens (tertiary/aromatic N) is 1. The van der Waals surface area contributed by atoms with Crippen LogP contribution < -0.4 is 14.5 Å². The molecule has 9 heteroatoms. The zero-order valence-electron chi connectivity index (χ0n) is 18.7. The summed E-state index contributed by atoms with van der Waals surface area (Å²) in [5.74, 6) is -0.180. The molecule has 2 aliphatic heterocycles. The molecule has 3 heterocycles. The lowest BCUT2D eigenvalue weighted by molar-refractivity contribution is -0.123. The van der Waals surface area contributed by atoms with E-state index in [1.165, 1.54) is 16.2 Å². The summed E-state index contributed by atoms with van der Waals surface area (Å²) < 4.78 is 5.23. The Morgan fingerprint density at radius 1 is 1.00 bits per heavy atom. The Morgan fingerprint density at radius 2 is 1.71 bits per heavy atom. The van der Waals surface area contributed by atoms with Gasteiger partial charge < -0.3 is 14.8 Å². The maximum atomic E-state index is 13.7. The molecule has 1 aromatic heterocycles. The Bertz CT molecular complexity index is 1430. The number of ether oxygens (including phenoxy) is 1. The van der Waals surface area contributed by atoms with Crippen LogP contribution >= 0.6 is 23.1 Å². The van der Waals surface area contributed by atoms with Crippen molar-refractivity contribution < 1.29 is 19.4 Å². The van der Waals surface area contributed by atoms with Gasteiger partial charge in [-0.3, -0.25) is 19.3 Å². The molecule has 7 rings (SSSR count). The standard InChI is InChI=1S/C26H22N2O5S2/c1-33-12-8-6-11(7-9-12)28-24(30)19-14-10-15(20(19)25(28)31)21-18(14)17(13-4-2-3-5-16(13)29)22-23(34-21)27-26(32)35-22/h2-9,14-15,17-21,29H,10H2,1H3,(H,27,32)/t14-,15-,17?,18?,19?,20?,21?/m1/s1. The number of thioether (sulfide) groups is 1. The van der Waals surface area contributed by atoms with E-state index in [0.29, 0.717) is 11.4 Å². The number of aromatic nitrogens is 1. The summed E-state index contributed by atoms with van der Waals surface area (Å²) in [7, 11) is 1.58. The maximum Gasteiger partial charge on any atom is 0.305 e. The van der Waals surface area contributed by atoms with Crippen LogP contribution in [0.2, 0.25) is 0 Å². The van der Waals surface area contributed by atoms with E-state index in [9.17, 15) is 19.5 Å². The lowest BCUT2D eigenvalue weighted by Gasteiger charge is -2.43. The van der Waals surface area contributed by atoms with Crippen LogP contribution in [-0.2, 0) is 9.59 Å². The molecule has 1 saturated heterocycles. The van der Waals surface area contributed by atoms with Crippen LogP contribution in [-0.4, -0.2) is 34.3 Å². The van der Waals surface area contributed by atoms with Gasteiger partial charge in [0.2, 0.25) is 11.8 Å². The molecule has 2 saturated carbocycles. The van der Waals surface area contributed by atoms with E-state index in [2.05, 4.69) is 4.98 Å². The van der Waals surface area contributed by atoms with E-state index in [-0.39, 0.29) is 63.2 Å². The summed E-state index contributed by atoms with van der Waals surface area (Å²) in [6.07, 6.45) is 0.814. The number of phenolic OH excluding ortho intramolecular Hbond substituents is 1. The lowest BCUT2D eigenvalue weighted by Crippen LogP contribution is -2.42. The van der Waals surface area contributed by atoms with Crippen molar-refractivity contribution in [2.24, 2.45) is 29.6 Å². The van der Waals surface area contributed by atoms with Crippen LogP contribution in [0.4, 0.5) is 5.69 Å². The highest BCUT2D eigenvalue weighted by Crippen LogP contribution is 2.69. The monoisotopic (exact) mass is 506 g/mol. The van der Waals surface area contributed by atoms with Crippen LogP contribution in [0.5, 0.6) is 11.5 Å². The van der Waals surface area contributed by atoms with Crippen molar-refractivity contribution in [2.75, 3.05) is 12.0 Å². The molecular weight excluding hydrogens is 484 g/mol. The van der Waals surface area contributed by atoms with Gasteiger partial charge in [0.15, 0.2) is 0 Å². The number of para-hydroxylation sites is 1. The number of nitrogens with one attached hydrogen (secondary N) is 1. The Kier molecular flexibility index (Phi) is 4.54. The van der Waals surface area contributed by atoms with Gasteiger partial charge in [0, 0.05) is 21.6 Å². The number of phenols is 1. The molecular formula is C26H22N2O5S2. The topological polar surface area (TPSA) is 99.7 Å². The second-order valence-corrected chi connectivity index (χ2v) is 11.9. The van der Waals surface area contributed by atoms with E-state index < -0.39 is 0 Å². The number of hydrogen-bond acceptors (Lipinski definition) is 7. The first-order chi connectivity index (χ1) is 17.0. The first-order valence-electron chi connectivity index (χ1n) is 11.7. The first kappa shape index (κ1) is 21.3. The number of benzene rings is 2. The predicted molar refractivity (Wildman–Crippen MR) is 132 cm³/mol. The second-order valence-electron chi connectivity index (χ2n) is 9.73. The third kappa shape index (κ3) is 2.82. The lowest BCUT2D eigenvalue weighted by atomic mass is 9.68. The fourth-order valence-corrected chi connectivity index (χ4v) is 9.98. The molecule has 5 unspecified atom stereocenters. The molecule has 0 radical (unpaired) electrons. The minimum absolute atomic E-state index is 0.0113. The number of aromatic amines is 1. The number of imide groups is 1. The van der Waals surface area contributed by atoms with Crippen molar-refractivity contribution >= 4 is 40.6 Å². The van der Waals surface area contributed by atoms with Crippen molar-refractivity contribution in [3.8, 4) is 11.5 Å². The fraction of sp³-hybridized carbons (Fsp3) is 0.346. The molecule has 2 aromatic carbocycles. The average molecular weight is 507 g/mol. The third-order valence-electron chi connectivity index (χ3n) is 8.33. The molecule has 3 fully saturated rings. The van der Waals surface area contributed by atoms with Crippen molar-refractivity contribution in [1.82, 2.24) is 4.98 Å². The Labute approximate surface area is 209 Å². The van der Waals surface area contributed by atoms with Gasteiger partial charge in [-0.15, -0.1) is 11.8 Å². The number of methoxy groups -OCH3 is 1. The molecule has 2 amide bonds. The molecule has 7 nitrogen and oxygen atoms in total. The number of aromatic hydroxyl groups is 1. The number of fused-ring (bicyclic) bond motifs is 9. The van der Waals surface area contributed by atoms with Crippen molar-refractivity contribution in [1.29, 1.82) is 0 Å². The number of amides is 2. The molecule has 0 spiro atoms. The zero-order valence-corrected chi connectivity index (χ0v) is 20.3. The molecule has 2 N–H and O–H groups in total. The van der Waals surface area contributed by atoms with E-state index in [0.717, 1.165) is 21.9 Å². The number of rotatable bonds is 3. The van der Waals surface area contributed by atoms with Crippen LogP contribution in [0.1, 0.15) is 22.8 Å². The van der Waals surface area contributed by atoms with Gasteiger partial charge in [-0.05, 0) is 54.5 Å². The fourth-order valence-electron chi connectivity index (χ4n) is 7.10. The van der Waals surface area contributed by atoms with Crippen LogP contribution in [0, 0.1) is 29.6 Å². The average Bonchev–Trinajstić information content (AvgIpc) is 3.59. The second kappa shape index (κ2) is 7.48. The number of carbonyl (C=O) groups is 2. The number of hydrogen-bond donors (Lipinski definition) is 2. The number of carbonyl (C=O) groups excluding carboxylic acids is 2. The number of H-pyrrole nitrogens is 1. The van der Waals surface area contributed by atoms with Crippen LogP contribution in [0.15, 0.2) is 58.4 Å². The van der Waals surface area contributed by atoms with Gasteiger partial charge >= 0.3 is 4.87 Å². The summed E-state index contributed by atoms with van der Waals surface area (Å²) in [5, 5.41) is 11.7. The molecule has 35 heavy (non-hydrogen) atoms. The summed E-state index contributed by atoms with van der Waals surface area (Å²) in [6, 6.07) is 14.3. The maximum absolute atomic E-state index is 13.7. The SMILES string of the molecule is COc1ccc(N2C(=O)C3C(C2=O)[C@@H]2C[C@H]3C3Sc4[nH]c(=O)sc4C(c4ccccc4O)C32)cc1. The molecule has 2 bridgehead atoms. The summed E-state index contributed by atoms with van der Waals surface area (Å²) >= 11 is 2.83. The highest BCUT2D eigenvalue weighted by Gasteiger charge is 2.69. The Hall–Kier alpha value is -3.04. The summed E-state index contributed by atoms with van der Waals surface area (Å²) in [6.45, 7) is 0. The van der Waals surface area contributed by atoms with Gasteiger partial charge in [0.05, 0.1) is 29.7 Å². The molecule has 4 aliphatic rings. The predicted octanol–water partition coefficient (Wildman–Crippen LogP) is 3.83. The largest absolute Gasteiger partial charge is 0.508 e. The Morgan fingerprint density at radius 3 is 2.43 bits per heavy atom. The van der Waals surface area contributed by atoms with Gasteiger partial charge in [0.25, 0.3) is 0 Å². The highest BCUT2D eigenvalue weighted by atomic mass is 32.2. The Balaban J connectivity index is 1.32. The van der Waals surface area contributed by atoms with Crippen molar-refractivity contribution in [3.05, 3.63) is 68.6 Å². The summed E-state index contributed by atoms with van der Waals surface area (Å²) in [5.41, 5.74) is 1.36. The number of thiazole rings is 1. The molecule has 7 atom stereocenters. The van der Waals surface area contributed by atoms with Gasteiger partial charge in [-0.25, -0.2) is 0 Å². The molecule has 2 aliphatic carbocycles. The van der Waals surface area contributed by atoms with E-state index >= 15 is 0 Å². The number of anilines is 1. The molecule has 3 aromatic rings. The van der Waals surface area contributed by atoms with E-state index in [1.807, 2.05) is 12.1 Å². The van der Waals surface area contributed by atoms with Gasteiger partial charge in [-0.2, -0.15) is 0 Å². The minimum atomic E-state index is -0.373. The van der Waals surface area contributed by atoms with Gasteiger partial charge in [0.1, 0.15) is 11.5 Å². The van der Waals surface area contributed by atoms with Crippen molar-refractivity contribution in [3.63, 3.8) is 0 Å². The molecule has 178 valence electrons. The zero-order chi connectivity index (χ0) is 24.0. The highest BCUT2D eigenvalue weighted by molar-refractivity contribution is 8.00. The van der Waals surface area contributed by atoms with Gasteiger partial charge in [-0.1, -0.05) is 29.5 Å². The van der Waals surface area contributed by atoms with Crippen molar-refractivity contribution in [2.45, 2.75) is 22.6 Å². The van der Waals surface area contributed by atoms with E-state index in [1.54, 1.807) is 55.3 Å². The quantitative estimate of drug-likeness (QED) is 0.524.